The van der Waals surface area contributed by atoms with Crippen LogP contribution >= 0.6 is 11.3 Å². The van der Waals surface area contributed by atoms with Crippen LogP contribution in [0.15, 0.2) is 30.3 Å². The van der Waals surface area contributed by atoms with Gasteiger partial charge < -0.3 is 9.84 Å². The molecular weight excluding hydrogens is 293 g/mol. The third-order valence-corrected chi connectivity index (χ3v) is 3.73. The monoisotopic (exact) mass is 302 g/mol. The van der Waals surface area contributed by atoms with Gasteiger partial charge in [-0.15, -0.1) is 11.3 Å². The number of halogens is 3. The van der Waals surface area contributed by atoms with Crippen molar-refractivity contribution in [3.05, 3.63) is 40.8 Å². The topological polar surface area (TPSA) is 46.5 Å². The molecule has 1 heterocycles. The second kappa shape index (κ2) is 5.16. The van der Waals surface area contributed by atoms with Gasteiger partial charge in [-0.3, -0.25) is 0 Å². The lowest BCUT2D eigenvalue weighted by Gasteiger charge is -2.06. The number of carbonyl (C=O) groups is 1. The Kier molecular flexibility index (Phi) is 3.71. The number of thiophene rings is 1. The maximum atomic E-state index is 12.4. The van der Waals surface area contributed by atoms with Crippen molar-refractivity contribution in [1.82, 2.24) is 0 Å². The van der Waals surface area contributed by atoms with Crippen LogP contribution in [-0.4, -0.2) is 18.2 Å². The SMILES string of the molecule is COC(=O)c1sc(-c2ccc(C(F)(F)F)cc2)cc1O. The summed E-state index contributed by atoms with van der Waals surface area (Å²) in [5.41, 5.74) is -0.274. The zero-order valence-electron chi connectivity index (χ0n) is 10.2. The first kappa shape index (κ1) is 14.4. The molecule has 0 saturated heterocycles. The highest BCUT2D eigenvalue weighted by atomic mass is 32.1. The molecule has 1 aromatic carbocycles. The molecule has 3 nitrogen and oxygen atoms in total. The van der Waals surface area contributed by atoms with Crippen molar-refractivity contribution in [3.8, 4) is 16.2 Å². The lowest BCUT2D eigenvalue weighted by molar-refractivity contribution is -0.137. The Bertz CT molecular complexity index is 629. The summed E-state index contributed by atoms with van der Waals surface area (Å²) in [6, 6.07) is 5.79. The van der Waals surface area contributed by atoms with E-state index in [0.29, 0.717) is 10.4 Å². The third-order valence-electron chi connectivity index (χ3n) is 2.58. The average molecular weight is 302 g/mol. The van der Waals surface area contributed by atoms with Crippen molar-refractivity contribution in [1.29, 1.82) is 0 Å². The molecule has 0 saturated carbocycles. The molecule has 1 aromatic heterocycles. The van der Waals surface area contributed by atoms with Crippen molar-refractivity contribution >= 4 is 17.3 Å². The number of hydrogen-bond acceptors (Lipinski definition) is 4. The Hall–Kier alpha value is -2.02. The van der Waals surface area contributed by atoms with Crippen molar-refractivity contribution in [2.75, 3.05) is 7.11 Å². The summed E-state index contributed by atoms with van der Waals surface area (Å²) < 4.78 is 41.8. The molecule has 20 heavy (non-hydrogen) atoms. The summed E-state index contributed by atoms with van der Waals surface area (Å²) in [6.45, 7) is 0. The number of hydrogen-bond donors (Lipinski definition) is 1. The Morgan fingerprint density at radius 2 is 1.85 bits per heavy atom. The maximum Gasteiger partial charge on any atom is 0.416 e. The minimum atomic E-state index is -4.40. The second-order valence-corrected chi connectivity index (χ2v) is 4.94. The van der Waals surface area contributed by atoms with Crippen LogP contribution in [0.1, 0.15) is 15.2 Å². The van der Waals surface area contributed by atoms with Crippen LogP contribution in [0.25, 0.3) is 10.4 Å². The van der Waals surface area contributed by atoms with Gasteiger partial charge in [0.05, 0.1) is 12.7 Å². The van der Waals surface area contributed by atoms with Crippen LogP contribution in [0.5, 0.6) is 5.75 Å². The molecule has 0 aliphatic heterocycles. The minimum absolute atomic E-state index is 0.0161. The number of esters is 1. The molecule has 0 aliphatic rings. The fraction of sp³-hybridized carbons (Fsp3) is 0.154. The number of benzene rings is 1. The second-order valence-electron chi connectivity index (χ2n) is 3.89. The summed E-state index contributed by atoms with van der Waals surface area (Å²) in [4.78, 5) is 11.8. The van der Waals surface area contributed by atoms with Crippen LogP contribution in [0.4, 0.5) is 13.2 Å². The summed E-state index contributed by atoms with van der Waals surface area (Å²) in [5.74, 6) is -0.942. The van der Waals surface area contributed by atoms with E-state index < -0.39 is 17.7 Å². The Morgan fingerprint density at radius 3 is 2.35 bits per heavy atom. The number of alkyl halides is 3. The van der Waals surface area contributed by atoms with Gasteiger partial charge in [-0.05, 0) is 23.8 Å². The summed E-state index contributed by atoms with van der Waals surface area (Å²) in [6.07, 6.45) is -4.40. The highest BCUT2D eigenvalue weighted by Gasteiger charge is 2.30. The highest BCUT2D eigenvalue weighted by molar-refractivity contribution is 7.17. The molecule has 0 amide bonds. The quantitative estimate of drug-likeness (QED) is 0.855. The predicted octanol–water partition coefficient (Wildman–Crippen LogP) is 3.93. The molecule has 106 valence electrons. The molecule has 7 heteroatoms. The third kappa shape index (κ3) is 2.77. The van der Waals surface area contributed by atoms with Gasteiger partial charge in [0.2, 0.25) is 0 Å². The van der Waals surface area contributed by atoms with E-state index in [1.54, 1.807) is 0 Å². The van der Waals surface area contributed by atoms with E-state index in [0.717, 1.165) is 23.5 Å². The van der Waals surface area contributed by atoms with E-state index >= 15 is 0 Å². The van der Waals surface area contributed by atoms with Crippen molar-refractivity contribution < 1.29 is 27.8 Å². The molecule has 0 bridgehead atoms. The lowest BCUT2D eigenvalue weighted by Crippen LogP contribution is -2.03. The van der Waals surface area contributed by atoms with Gasteiger partial charge in [0.25, 0.3) is 0 Å². The van der Waals surface area contributed by atoms with Gasteiger partial charge in [-0.1, -0.05) is 12.1 Å². The summed E-state index contributed by atoms with van der Waals surface area (Å²) >= 11 is 0.953. The number of carbonyl (C=O) groups excluding carboxylic acids is 1. The standard InChI is InChI=1S/C13H9F3O3S/c1-19-12(18)11-9(17)6-10(20-11)7-2-4-8(5-3-7)13(14,15)16/h2-6,17H,1H3. The van der Waals surface area contributed by atoms with E-state index in [4.69, 9.17) is 0 Å². The van der Waals surface area contributed by atoms with Gasteiger partial charge in [-0.25, -0.2) is 4.79 Å². The normalized spacial score (nSPS) is 11.4. The molecular formula is C13H9F3O3S. The van der Waals surface area contributed by atoms with Gasteiger partial charge in [0.1, 0.15) is 5.75 Å². The first-order valence-corrected chi connectivity index (χ1v) is 6.23. The van der Waals surface area contributed by atoms with E-state index in [-0.39, 0.29) is 10.6 Å². The summed E-state index contributed by atoms with van der Waals surface area (Å²) in [7, 11) is 1.18. The van der Waals surface area contributed by atoms with Crippen LogP contribution in [0.3, 0.4) is 0 Å². The fourth-order valence-electron chi connectivity index (χ4n) is 1.59. The Morgan fingerprint density at radius 1 is 1.25 bits per heavy atom. The van der Waals surface area contributed by atoms with Gasteiger partial charge in [0.15, 0.2) is 4.88 Å². The van der Waals surface area contributed by atoms with Crippen molar-refractivity contribution in [2.45, 2.75) is 6.18 Å². The van der Waals surface area contributed by atoms with Crippen molar-refractivity contribution in [2.24, 2.45) is 0 Å². The lowest BCUT2D eigenvalue weighted by atomic mass is 10.1. The number of ether oxygens (including phenoxy) is 1. The molecule has 2 rings (SSSR count). The van der Waals surface area contributed by atoms with Gasteiger partial charge in [-0.2, -0.15) is 13.2 Å². The molecule has 2 aromatic rings. The maximum absolute atomic E-state index is 12.4. The van der Waals surface area contributed by atoms with Gasteiger partial charge in [0, 0.05) is 4.88 Å². The molecule has 0 aliphatic carbocycles. The predicted molar refractivity (Wildman–Crippen MR) is 67.8 cm³/mol. The Balaban J connectivity index is 2.35. The van der Waals surface area contributed by atoms with E-state index in [1.807, 2.05) is 0 Å². The van der Waals surface area contributed by atoms with Crippen LogP contribution < -0.4 is 0 Å². The first-order chi connectivity index (χ1) is 9.32. The zero-order valence-corrected chi connectivity index (χ0v) is 11.0. The van der Waals surface area contributed by atoms with Crippen LogP contribution in [-0.2, 0) is 10.9 Å². The molecule has 0 atom stereocenters. The van der Waals surface area contributed by atoms with E-state index in [2.05, 4.69) is 4.74 Å². The van der Waals surface area contributed by atoms with Crippen LogP contribution in [0, 0.1) is 0 Å². The van der Waals surface area contributed by atoms with Crippen molar-refractivity contribution in [3.63, 3.8) is 0 Å². The van der Waals surface area contributed by atoms with E-state index in [9.17, 15) is 23.1 Å². The largest absolute Gasteiger partial charge is 0.506 e. The highest BCUT2D eigenvalue weighted by Crippen LogP contribution is 2.37. The molecule has 0 radical (unpaired) electrons. The smallest absolute Gasteiger partial charge is 0.416 e. The average Bonchev–Trinajstić information content (AvgIpc) is 2.79. The fourth-order valence-corrected chi connectivity index (χ4v) is 2.56. The Labute approximate surface area is 116 Å². The molecule has 1 N–H and O–H groups in total. The molecule has 0 fully saturated rings. The number of aromatic hydroxyl groups is 1. The zero-order chi connectivity index (χ0) is 14.9. The number of rotatable bonds is 2. The van der Waals surface area contributed by atoms with Gasteiger partial charge >= 0.3 is 12.1 Å². The molecule has 0 unspecified atom stereocenters. The van der Waals surface area contributed by atoms with E-state index in [1.165, 1.54) is 25.3 Å². The summed E-state index contributed by atoms with van der Waals surface area (Å²) in [5, 5.41) is 9.61. The number of methoxy groups -OCH3 is 1. The van der Waals surface area contributed by atoms with Crippen LogP contribution in [0.2, 0.25) is 0 Å². The molecule has 0 spiro atoms. The first-order valence-electron chi connectivity index (χ1n) is 5.41. The minimum Gasteiger partial charge on any atom is -0.506 e.